The second-order valence-electron chi connectivity index (χ2n) is 6.82. The highest BCUT2D eigenvalue weighted by atomic mass is 32.2. The van der Waals surface area contributed by atoms with Crippen molar-refractivity contribution in [1.29, 1.82) is 0 Å². The second-order valence-corrected chi connectivity index (χ2v) is 8.39. The predicted molar refractivity (Wildman–Crippen MR) is 110 cm³/mol. The summed E-state index contributed by atoms with van der Waals surface area (Å²) in [6.45, 7) is 8.25. The number of rotatable bonds is 7. The molecule has 1 saturated heterocycles. The second kappa shape index (κ2) is 11.0. The average molecular weight is 394 g/mol. The SMILES string of the molecule is CN=C(NCCS(=O)c1ccccc1)N1CCN(CC(=O)NC(C)C)CC1. The fourth-order valence-electron chi connectivity index (χ4n) is 2.97. The molecular formula is C19H31N5O2S. The van der Waals surface area contributed by atoms with Gasteiger partial charge in [0.15, 0.2) is 5.96 Å². The van der Waals surface area contributed by atoms with Gasteiger partial charge in [0.25, 0.3) is 0 Å². The Morgan fingerprint density at radius 2 is 1.85 bits per heavy atom. The highest BCUT2D eigenvalue weighted by Crippen LogP contribution is 2.05. The molecule has 7 nitrogen and oxygen atoms in total. The van der Waals surface area contributed by atoms with Crippen molar-refractivity contribution in [2.45, 2.75) is 24.8 Å². The van der Waals surface area contributed by atoms with Crippen LogP contribution in [0.5, 0.6) is 0 Å². The molecule has 27 heavy (non-hydrogen) atoms. The summed E-state index contributed by atoms with van der Waals surface area (Å²) >= 11 is 0. The number of amides is 1. The van der Waals surface area contributed by atoms with Crippen molar-refractivity contribution in [2.75, 3.05) is 52.1 Å². The molecule has 0 aromatic heterocycles. The molecule has 1 fully saturated rings. The van der Waals surface area contributed by atoms with Gasteiger partial charge < -0.3 is 15.5 Å². The lowest BCUT2D eigenvalue weighted by molar-refractivity contribution is -0.123. The summed E-state index contributed by atoms with van der Waals surface area (Å²) in [5.74, 6) is 1.44. The zero-order chi connectivity index (χ0) is 19.6. The van der Waals surface area contributed by atoms with E-state index in [4.69, 9.17) is 0 Å². The fourth-order valence-corrected chi connectivity index (χ4v) is 3.95. The van der Waals surface area contributed by atoms with Gasteiger partial charge in [0.2, 0.25) is 5.91 Å². The summed E-state index contributed by atoms with van der Waals surface area (Å²) in [5, 5.41) is 6.23. The van der Waals surface area contributed by atoms with E-state index in [1.165, 1.54) is 0 Å². The maximum absolute atomic E-state index is 12.3. The largest absolute Gasteiger partial charge is 0.355 e. The van der Waals surface area contributed by atoms with Crippen LogP contribution < -0.4 is 10.6 Å². The standard InChI is InChI=1S/C19H31N5O2S/c1-16(2)22-18(25)15-23-10-12-24(13-11-23)19(20-3)21-9-14-27(26)17-7-5-4-6-8-17/h4-8,16H,9-15H2,1-3H3,(H,20,21)(H,22,25). The normalized spacial score (nSPS) is 17.0. The third-order valence-corrected chi connectivity index (χ3v) is 5.65. The van der Waals surface area contributed by atoms with E-state index < -0.39 is 10.8 Å². The van der Waals surface area contributed by atoms with Gasteiger partial charge in [-0.2, -0.15) is 0 Å². The van der Waals surface area contributed by atoms with Crippen LogP contribution in [0.1, 0.15) is 13.8 Å². The number of nitrogens with zero attached hydrogens (tertiary/aromatic N) is 3. The number of hydrogen-bond donors (Lipinski definition) is 2. The molecule has 0 aliphatic carbocycles. The number of carbonyl (C=O) groups excluding carboxylic acids is 1. The molecule has 0 saturated carbocycles. The van der Waals surface area contributed by atoms with Crippen molar-refractivity contribution in [3.63, 3.8) is 0 Å². The maximum atomic E-state index is 12.3. The molecule has 1 heterocycles. The lowest BCUT2D eigenvalue weighted by Gasteiger charge is -2.36. The molecule has 0 spiro atoms. The molecule has 1 unspecified atom stereocenters. The van der Waals surface area contributed by atoms with Crippen molar-refractivity contribution < 1.29 is 9.00 Å². The van der Waals surface area contributed by atoms with E-state index in [1.54, 1.807) is 7.05 Å². The summed E-state index contributed by atoms with van der Waals surface area (Å²) < 4.78 is 12.3. The molecule has 1 amide bonds. The molecule has 1 aromatic carbocycles. The molecule has 150 valence electrons. The van der Waals surface area contributed by atoms with E-state index in [0.29, 0.717) is 18.8 Å². The predicted octanol–water partition coefficient (Wildman–Crippen LogP) is 0.512. The van der Waals surface area contributed by atoms with E-state index in [9.17, 15) is 9.00 Å². The quantitative estimate of drug-likeness (QED) is 0.521. The van der Waals surface area contributed by atoms with Crippen molar-refractivity contribution in [3.05, 3.63) is 30.3 Å². The number of benzene rings is 1. The Hall–Kier alpha value is -1.93. The van der Waals surface area contributed by atoms with E-state index in [-0.39, 0.29) is 11.9 Å². The summed E-state index contributed by atoms with van der Waals surface area (Å²) in [6, 6.07) is 9.68. The Labute approximate surface area is 164 Å². The summed E-state index contributed by atoms with van der Waals surface area (Å²) in [6.07, 6.45) is 0. The minimum absolute atomic E-state index is 0.0735. The van der Waals surface area contributed by atoms with Crippen LogP contribution in [0.15, 0.2) is 40.2 Å². The molecule has 1 aliphatic rings. The Morgan fingerprint density at radius 1 is 1.19 bits per heavy atom. The van der Waals surface area contributed by atoms with Gasteiger partial charge in [-0.05, 0) is 26.0 Å². The molecule has 0 radical (unpaired) electrons. The van der Waals surface area contributed by atoms with Crippen molar-refractivity contribution in [2.24, 2.45) is 4.99 Å². The number of hydrogen-bond acceptors (Lipinski definition) is 4. The van der Waals surface area contributed by atoms with Crippen LogP contribution in [-0.2, 0) is 15.6 Å². The number of carbonyl (C=O) groups is 1. The molecule has 2 rings (SSSR count). The zero-order valence-electron chi connectivity index (χ0n) is 16.5. The fraction of sp³-hybridized carbons (Fsp3) is 0.579. The number of guanidine groups is 1. The number of aliphatic imine (C=N–C) groups is 1. The Kier molecular flexibility index (Phi) is 8.74. The molecule has 0 bridgehead atoms. The molecule has 8 heteroatoms. The minimum Gasteiger partial charge on any atom is -0.355 e. The summed E-state index contributed by atoms with van der Waals surface area (Å²) in [4.78, 5) is 21.4. The third-order valence-electron chi connectivity index (χ3n) is 4.28. The minimum atomic E-state index is -1.01. The highest BCUT2D eigenvalue weighted by Gasteiger charge is 2.21. The monoisotopic (exact) mass is 393 g/mol. The Morgan fingerprint density at radius 3 is 2.44 bits per heavy atom. The smallest absolute Gasteiger partial charge is 0.234 e. The lowest BCUT2D eigenvalue weighted by Crippen LogP contribution is -2.54. The first-order chi connectivity index (χ1) is 13.0. The summed E-state index contributed by atoms with van der Waals surface area (Å²) in [7, 11) is 0.750. The zero-order valence-corrected chi connectivity index (χ0v) is 17.3. The van der Waals surface area contributed by atoms with Gasteiger partial charge in [-0.1, -0.05) is 18.2 Å². The van der Waals surface area contributed by atoms with Crippen molar-refractivity contribution >= 4 is 22.7 Å². The Balaban J connectivity index is 1.72. The van der Waals surface area contributed by atoms with E-state index in [1.807, 2.05) is 44.2 Å². The molecule has 1 aromatic rings. The molecule has 1 atom stereocenters. The van der Waals surface area contributed by atoms with Gasteiger partial charge in [0, 0.05) is 56.5 Å². The number of nitrogens with one attached hydrogen (secondary N) is 2. The lowest BCUT2D eigenvalue weighted by atomic mass is 10.3. The van der Waals surface area contributed by atoms with Crippen LogP contribution in [0, 0.1) is 0 Å². The van der Waals surface area contributed by atoms with Gasteiger partial charge >= 0.3 is 0 Å². The van der Waals surface area contributed by atoms with Crippen LogP contribution in [0.3, 0.4) is 0 Å². The van der Waals surface area contributed by atoms with Gasteiger partial charge in [-0.3, -0.25) is 18.9 Å². The third kappa shape index (κ3) is 7.30. The van der Waals surface area contributed by atoms with Gasteiger partial charge in [-0.25, -0.2) is 0 Å². The summed E-state index contributed by atoms with van der Waals surface area (Å²) in [5.41, 5.74) is 0. The van der Waals surface area contributed by atoms with E-state index in [2.05, 4.69) is 25.4 Å². The first-order valence-electron chi connectivity index (χ1n) is 9.40. The van der Waals surface area contributed by atoms with Crippen LogP contribution in [0.2, 0.25) is 0 Å². The van der Waals surface area contributed by atoms with Gasteiger partial charge in [0.05, 0.1) is 17.3 Å². The van der Waals surface area contributed by atoms with E-state index in [0.717, 1.165) is 37.0 Å². The van der Waals surface area contributed by atoms with Crippen LogP contribution in [0.4, 0.5) is 0 Å². The van der Waals surface area contributed by atoms with Crippen molar-refractivity contribution in [3.8, 4) is 0 Å². The maximum Gasteiger partial charge on any atom is 0.234 e. The molecule has 2 N–H and O–H groups in total. The average Bonchev–Trinajstić information content (AvgIpc) is 2.66. The topological polar surface area (TPSA) is 77.0 Å². The molecular weight excluding hydrogens is 362 g/mol. The first-order valence-corrected chi connectivity index (χ1v) is 10.7. The Bertz CT molecular complexity index is 643. The highest BCUT2D eigenvalue weighted by molar-refractivity contribution is 7.85. The van der Waals surface area contributed by atoms with E-state index >= 15 is 0 Å². The molecule has 1 aliphatic heterocycles. The first kappa shape index (κ1) is 21.4. The van der Waals surface area contributed by atoms with Crippen LogP contribution >= 0.6 is 0 Å². The van der Waals surface area contributed by atoms with Crippen LogP contribution in [-0.4, -0.2) is 84.0 Å². The van der Waals surface area contributed by atoms with Gasteiger partial charge in [-0.15, -0.1) is 0 Å². The van der Waals surface area contributed by atoms with Crippen LogP contribution in [0.25, 0.3) is 0 Å². The van der Waals surface area contributed by atoms with Gasteiger partial charge in [0.1, 0.15) is 0 Å². The van der Waals surface area contributed by atoms with Crippen molar-refractivity contribution in [1.82, 2.24) is 20.4 Å². The number of piperazine rings is 1.